The van der Waals surface area contributed by atoms with Crippen molar-refractivity contribution in [1.29, 1.82) is 0 Å². The third-order valence-electron chi connectivity index (χ3n) is 5.79. The molecule has 36 heavy (non-hydrogen) atoms. The molecule has 0 aliphatic rings. The number of hydrogen-bond donors (Lipinski definition) is 2. The molecule has 2 N–H and O–H groups in total. The van der Waals surface area contributed by atoms with Gasteiger partial charge in [0, 0.05) is 28.5 Å². The molecule has 0 bridgehead atoms. The Morgan fingerprint density at radius 1 is 0.778 bits per heavy atom. The largest absolute Gasteiger partial charge is 0.346 e. The molecule has 4 rings (SSSR count). The quantitative estimate of drug-likeness (QED) is 0.211. The van der Waals surface area contributed by atoms with Crippen molar-refractivity contribution >= 4 is 35.5 Å². The summed E-state index contributed by atoms with van der Waals surface area (Å²) in [5.74, 6) is -0.222. The van der Waals surface area contributed by atoms with Crippen molar-refractivity contribution in [3.63, 3.8) is 0 Å². The summed E-state index contributed by atoms with van der Waals surface area (Å²) in [6, 6.07) is 25.5. The highest BCUT2D eigenvalue weighted by Gasteiger charge is 2.10. The number of aromatic nitrogens is 1. The lowest BCUT2D eigenvalue weighted by molar-refractivity contribution is 0.0948. The summed E-state index contributed by atoms with van der Waals surface area (Å²) in [5, 5.41) is 2.98. The Kier molecular flexibility index (Phi) is 8.46. The van der Waals surface area contributed by atoms with Gasteiger partial charge < -0.3 is 5.32 Å². The summed E-state index contributed by atoms with van der Waals surface area (Å²) in [6.07, 6.45) is 5.59. The highest BCUT2D eigenvalue weighted by molar-refractivity contribution is 7.98. The number of nitrogens with one attached hydrogen (secondary N) is 2. The van der Waals surface area contributed by atoms with E-state index in [0.717, 1.165) is 38.4 Å². The van der Waals surface area contributed by atoms with Crippen molar-refractivity contribution in [2.75, 3.05) is 12.5 Å². The Morgan fingerprint density at radius 2 is 1.47 bits per heavy atom. The van der Waals surface area contributed by atoms with Crippen LogP contribution in [-0.2, 0) is 6.54 Å². The van der Waals surface area contributed by atoms with Crippen LogP contribution < -0.4 is 10.0 Å². The normalized spacial score (nSPS) is 10.6. The number of aryl methyl sites for hydroxylation is 1. The van der Waals surface area contributed by atoms with E-state index in [1.165, 1.54) is 11.9 Å². The van der Waals surface area contributed by atoms with E-state index >= 15 is 0 Å². The minimum atomic E-state index is -0.117. The summed E-state index contributed by atoms with van der Waals surface area (Å²) in [4.78, 5) is 30.2. The van der Waals surface area contributed by atoms with E-state index in [4.69, 9.17) is 0 Å². The van der Waals surface area contributed by atoms with E-state index in [0.29, 0.717) is 17.7 Å². The van der Waals surface area contributed by atoms with Gasteiger partial charge in [-0.2, -0.15) is 0 Å². The summed E-state index contributed by atoms with van der Waals surface area (Å²) in [5.41, 5.74) is 7.37. The van der Waals surface area contributed by atoms with Gasteiger partial charge >= 0.3 is 0 Å². The average molecular weight is 514 g/mol. The summed E-state index contributed by atoms with van der Waals surface area (Å²) < 4.78 is 2.74. The molecular weight excluding hydrogens is 486 g/mol. The molecule has 7 heteroatoms. The van der Waals surface area contributed by atoms with E-state index in [1.54, 1.807) is 18.0 Å². The molecule has 0 radical (unpaired) electrons. The number of nitrogens with zero attached hydrogens (tertiary/aromatic N) is 1. The van der Waals surface area contributed by atoms with E-state index < -0.39 is 0 Å². The number of amides is 2. The number of carbonyl (C=O) groups excluding carboxylic acids is 2. The van der Waals surface area contributed by atoms with Crippen LogP contribution in [0, 0.1) is 6.92 Å². The lowest BCUT2D eigenvalue weighted by Gasteiger charge is -2.10. The topological polar surface area (TPSA) is 71.1 Å². The molecule has 3 aromatic carbocycles. The first-order valence-electron chi connectivity index (χ1n) is 11.4. The molecule has 0 atom stereocenters. The fraction of sp³-hybridized carbons (Fsp3) is 0.138. The number of carbonyl (C=O) groups is 2. The molecule has 0 unspecified atom stereocenters. The molecule has 4 aromatic rings. The lowest BCUT2D eigenvalue weighted by Crippen LogP contribution is -2.23. The van der Waals surface area contributed by atoms with Gasteiger partial charge in [-0.3, -0.25) is 19.3 Å². The Bertz CT molecular complexity index is 1390. The molecule has 1 heterocycles. The average Bonchev–Trinajstić information content (AvgIpc) is 2.92. The minimum Gasteiger partial charge on any atom is -0.346 e. The van der Waals surface area contributed by atoms with Gasteiger partial charge in [0.15, 0.2) is 0 Å². The van der Waals surface area contributed by atoms with E-state index in [9.17, 15) is 9.59 Å². The van der Waals surface area contributed by atoms with E-state index in [1.807, 2.05) is 86.2 Å². The van der Waals surface area contributed by atoms with Gasteiger partial charge in [0.1, 0.15) is 0 Å². The van der Waals surface area contributed by atoms with Crippen LogP contribution in [0.25, 0.3) is 22.3 Å². The fourth-order valence-corrected chi connectivity index (χ4v) is 4.77. The SMILES string of the molecule is CSNC(=O)c1ccc(-c2cccc(-c3ccnc(CNC(=O)c4ccc(C)c(SC)c4)c3)c2)cc1. The van der Waals surface area contributed by atoms with Gasteiger partial charge in [-0.05, 0) is 83.5 Å². The molecule has 0 spiro atoms. The standard InChI is InChI=1S/C29H27N3O2S2/c1-19-7-8-25(17-27(19)35-2)28(33)31-18-26-16-24(13-14-30-26)23-6-4-5-22(15-23)20-9-11-21(12-10-20)29(34)32-36-3/h4-17H,18H2,1-3H3,(H,31,33)(H,32,34). The minimum absolute atomic E-state index is 0.105. The second kappa shape index (κ2) is 11.9. The Morgan fingerprint density at radius 3 is 2.19 bits per heavy atom. The van der Waals surface area contributed by atoms with Gasteiger partial charge in [0.05, 0.1) is 12.2 Å². The predicted molar refractivity (Wildman–Crippen MR) is 150 cm³/mol. The number of hydrogen-bond acceptors (Lipinski definition) is 5. The zero-order valence-electron chi connectivity index (χ0n) is 20.4. The Labute approximate surface area is 220 Å². The monoisotopic (exact) mass is 513 g/mol. The van der Waals surface area contributed by atoms with Crippen LogP contribution in [0.2, 0.25) is 0 Å². The molecule has 0 aliphatic carbocycles. The van der Waals surface area contributed by atoms with Crippen LogP contribution in [-0.4, -0.2) is 29.3 Å². The predicted octanol–water partition coefficient (Wildman–Crippen LogP) is 6.38. The zero-order chi connectivity index (χ0) is 25.5. The molecular formula is C29H27N3O2S2. The second-order valence-corrected chi connectivity index (χ2v) is 9.66. The van der Waals surface area contributed by atoms with Crippen LogP contribution in [0.15, 0.2) is 90.0 Å². The van der Waals surface area contributed by atoms with Crippen molar-refractivity contribution in [3.8, 4) is 22.3 Å². The third-order valence-corrected chi connectivity index (χ3v) is 7.06. The lowest BCUT2D eigenvalue weighted by atomic mass is 9.98. The Balaban J connectivity index is 1.48. The van der Waals surface area contributed by atoms with Crippen LogP contribution in [0.3, 0.4) is 0 Å². The zero-order valence-corrected chi connectivity index (χ0v) is 22.0. The van der Waals surface area contributed by atoms with Crippen LogP contribution >= 0.6 is 23.7 Å². The molecule has 1 aromatic heterocycles. The summed E-state index contributed by atoms with van der Waals surface area (Å²) >= 11 is 2.92. The maximum Gasteiger partial charge on any atom is 0.261 e. The molecule has 2 amide bonds. The van der Waals surface area contributed by atoms with Crippen molar-refractivity contribution in [3.05, 3.63) is 107 Å². The first-order chi connectivity index (χ1) is 17.5. The molecule has 0 saturated carbocycles. The van der Waals surface area contributed by atoms with Crippen LogP contribution in [0.5, 0.6) is 0 Å². The van der Waals surface area contributed by atoms with Crippen molar-refractivity contribution in [2.24, 2.45) is 0 Å². The number of thioether (sulfide) groups is 1. The van der Waals surface area contributed by atoms with Gasteiger partial charge in [-0.1, -0.05) is 48.3 Å². The van der Waals surface area contributed by atoms with Crippen molar-refractivity contribution in [1.82, 2.24) is 15.0 Å². The molecule has 0 fully saturated rings. The highest BCUT2D eigenvalue weighted by atomic mass is 32.2. The summed E-state index contributed by atoms with van der Waals surface area (Å²) in [6.45, 7) is 2.38. The maximum atomic E-state index is 12.7. The van der Waals surface area contributed by atoms with Crippen molar-refractivity contribution in [2.45, 2.75) is 18.4 Å². The van der Waals surface area contributed by atoms with Crippen LogP contribution in [0.4, 0.5) is 0 Å². The smallest absolute Gasteiger partial charge is 0.261 e. The highest BCUT2D eigenvalue weighted by Crippen LogP contribution is 2.27. The number of benzene rings is 3. The first-order valence-corrected chi connectivity index (χ1v) is 13.9. The van der Waals surface area contributed by atoms with Gasteiger partial charge in [-0.15, -0.1) is 11.8 Å². The molecule has 0 aliphatic heterocycles. The van der Waals surface area contributed by atoms with Gasteiger partial charge in [0.25, 0.3) is 11.8 Å². The Hall–Kier alpha value is -3.55. The van der Waals surface area contributed by atoms with Crippen molar-refractivity contribution < 1.29 is 9.59 Å². The summed E-state index contributed by atoms with van der Waals surface area (Å²) in [7, 11) is 0. The third kappa shape index (κ3) is 6.17. The number of rotatable bonds is 8. The van der Waals surface area contributed by atoms with E-state index in [2.05, 4.69) is 27.2 Å². The van der Waals surface area contributed by atoms with Gasteiger partial charge in [-0.25, -0.2) is 0 Å². The van der Waals surface area contributed by atoms with Gasteiger partial charge in [0.2, 0.25) is 0 Å². The van der Waals surface area contributed by atoms with Crippen LogP contribution in [0.1, 0.15) is 32.0 Å². The van der Waals surface area contributed by atoms with E-state index in [-0.39, 0.29) is 11.8 Å². The maximum absolute atomic E-state index is 12.7. The second-order valence-electron chi connectivity index (χ2n) is 8.20. The molecule has 0 saturated heterocycles. The number of pyridine rings is 1. The first kappa shape index (κ1) is 25.5. The fourth-order valence-electron chi connectivity index (χ4n) is 3.83. The molecule has 5 nitrogen and oxygen atoms in total. The molecule has 182 valence electrons.